The highest BCUT2D eigenvalue weighted by atomic mass is 16.5. The molecule has 18 heavy (non-hydrogen) atoms. The van der Waals surface area contributed by atoms with Gasteiger partial charge < -0.3 is 9.47 Å². The first-order valence-electron chi connectivity index (χ1n) is 6.20. The van der Waals surface area contributed by atoms with Crippen molar-refractivity contribution in [1.82, 2.24) is 0 Å². The molecule has 0 aliphatic heterocycles. The lowest BCUT2D eigenvalue weighted by molar-refractivity contribution is 0.269. The molecular weight excluding hydrogens is 224 g/mol. The molecule has 0 atom stereocenters. The summed E-state index contributed by atoms with van der Waals surface area (Å²) in [4.78, 5) is 0. The van der Waals surface area contributed by atoms with Crippen molar-refractivity contribution >= 4 is 0 Å². The minimum Gasteiger partial charge on any atom is -0.490 e. The summed E-state index contributed by atoms with van der Waals surface area (Å²) >= 11 is 0. The third kappa shape index (κ3) is 3.04. The van der Waals surface area contributed by atoms with E-state index in [-0.39, 0.29) is 0 Å². The molecule has 0 saturated carbocycles. The van der Waals surface area contributed by atoms with Gasteiger partial charge in [0.1, 0.15) is 6.61 Å². The van der Waals surface area contributed by atoms with Crippen LogP contribution in [-0.4, -0.2) is 6.61 Å². The zero-order chi connectivity index (χ0) is 12.8. The Morgan fingerprint density at radius 3 is 2.11 bits per heavy atom. The molecule has 0 radical (unpaired) electrons. The van der Waals surface area contributed by atoms with Crippen LogP contribution in [0.5, 0.6) is 11.5 Å². The van der Waals surface area contributed by atoms with E-state index in [0.717, 1.165) is 11.5 Å². The van der Waals surface area contributed by atoms with E-state index in [2.05, 4.69) is 19.1 Å². The predicted molar refractivity (Wildman–Crippen MR) is 73.1 cm³/mol. The number of benzene rings is 2. The fraction of sp³-hybridized carbons (Fsp3) is 0.250. The molecule has 94 valence electrons. The van der Waals surface area contributed by atoms with Crippen LogP contribution in [0.15, 0.2) is 48.5 Å². The Hall–Kier alpha value is -1.96. The molecule has 2 nitrogen and oxygen atoms in total. The van der Waals surface area contributed by atoms with Gasteiger partial charge in [-0.2, -0.15) is 0 Å². The average Bonchev–Trinajstić information content (AvgIpc) is 2.40. The maximum atomic E-state index is 5.83. The molecule has 0 saturated heterocycles. The quantitative estimate of drug-likeness (QED) is 0.789. The third-order valence-corrected chi connectivity index (χ3v) is 2.79. The summed E-state index contributed by atoms with van der Waals surface area (Å²) in [5, 5.41) is 0. The summed E-state index contributed by atoms with van der Waals surface area (Å²) in [5.74, 6) is 1.59. The molecule has 0 aliphatic carbocycles. The summed E-state index contributed by atoms with van der Waals surface area (Å²) in [6.45, 7) is 5.27. The van der Waals surface area contributed by atoms with Crippen LogP contribution in [-0.2, 0) is 6.61 Å². The molecule has 0 bridgehead atoms. The average molecular weight is 242 g/mol. The lowest BCUT2D eigenvalue weighted by Gasteiger charge is -2.12. The van der Waals surface area contributed by atoms with Crippen molar-refractivity contribution in [2.45, 2.75) is 20.5 Å². The lowest BCUT2D eigenvalue weighted by Crippen LogP contribution is -2.00. The van der Waals surface area contributed by atoms with Gasteiger partial charge in [0.2, 0.25) is 0 Å². The largest absolute Gasteiger partial charge is 0.490 e. The third-order valence-electron chi connectivity index (χ3n) is 2.79. The van der Waals surface area contributed by atoms with E-state index < -0.39 is 0 Å². The first kappa shape index (κ1) is 12.5. The summed E-state index contributed by atoms with van der Waals surface area (Å²) in [6, 6.07) is 16.0. The summed E-state index contributed by atoms with van der Waals surface area (Å²) in [6.07, 6.45) is 0. The zero-order valence-electron chi connectivity index (χ0n) is 10.8. The van der Waals surface area contributed by atoms with Crippen LogP contribution in [0.25, 0.3) is 0 Å². The molecule has 0 spiro atoms. The van der Waals surface area contributed by atoms with Crippen LogP contribution in [0.4, 0.5) is 0 Å². The number of hydrogen-bond donors (Lipinski definition) is 0. The Morgan fingerprint density at radius 1 is 0.833 bits per heavy atom. The summed E-state index contributed by atoms with van der Waals surface area (Å²) < 4.78 is 11.4. The monoisotopic (exact) mass is 242 g/mol. The van der Waals surface area contributed by atoms with E-state index in [1.165, 1.54) is 11.1 Å². The normalized spacial score (nSPS) is 10.1. The van der Waals surface area contributed by atoms with Crippen molar-refractivity contribution in [2.75, 3.05) is 6.61 Å². The minimum absolute atomic E-state index is 0.566. The van der Waals surface area contributed by atoms with E-state index in [9.17, 15) is 0 Å². The molecule has 0 fully saturated rings. The van der Waals surface area contributed by atoms with Crippen LogP contribution in [0.1, 0.15) is 18.1 Å². The van der Waals surface area contributed by atoms with Crippen molar-refractivity contribution in [1.29, 1.82) is 0 Å². The van der Waals surface area contributed by atoms with Gasteiger partial charge in [-0.3, -0.25) is 0 Å². The zero-order valence-corrected chi connectivity index (χ0v) is 10.8. The molecule has 2 heteroatoms. The van der Waals surface area contributed by atoms with Crippen LogP contribution in [0.3, 0.4) is 0 Å². The summed E-state index contributed by atoms with van der Waals surface area (Å²) in [7, 11) is 0. The molecule has 2 aromatic rings. The Kier molecular flexibility index (Phi) is 4.24. The Labute approximate surface area is 108 Å². The van der Waals surface area contributed by atoms with Crippen LogP contribution in [0.2, 0.25) is 0 Å². The highest BCUT2D eigenvalue weighted by Crippen LogP contribution is 2.27. The predicted octanol–water partition coefficient (Wildman–Crippen LogP) is 3.97. The van der Waals surface area contributed by atoms with Crippen molar-refractivity contribution in [3.05, 3.63) is 59.7 Å². The molecule has 0 heterocycles. The first-order valence-corrected chi connectivity index (χ1v) is 6.20. The molecule has 0 N–H and O–H groups in total. The first-order chi connectivity index (χ1) is 8.81. The molecule has 0 unspecified atom stereocenters. The second-order valence-corrected chi connectivity index (χ2v) is 4.09. The fourth-order valence-electron chi connectivity index (χ4n) is 1.77. The molecule has 2 rings (SSSR count). The van der Waals surface area contributed by atoms with Gasteiger partial charge in [-0.15, -0.1) is 0 Å². The van der Waals surface area contributed by atoms with Gasteiger partial charge >= 0.3 is 0 Å². The van der Waals surface area contributed by atoms with E-state index in [1.807, 2.05) is 43.3 Å². The second kappa shape index (κ2) is 6.10. The SMILES string of the molecule is CCOc1ccccc1OCc1ccccc1C. The van der Waals surface area contributed by atoms with Crippen molar-refractivity contribution < 1.29 is 9.47 Å². The molecule has 0 aliphatic rings. The van der Waals surface area contributed by atoms with E-state index in [0.29, 0.717) is 13.2 Å². The number of hydrogen-bond acceptors (Lipinski definition) is 2. The van der Waals surface area contributed by atoms with E-state index >= 15 is 0 Å². The minimum atomic E-state index is 0.566. The Morgan fingerprint density at radius 2 is 1.44 bits per heavy atom. The maximum Gasteiger partial charge on any atom is 0.161 e. The second-order valence-electron chi connectivity index (χ2n) is 4.09. The lowest BCUT2D eigenvalue weighted by atomic mass is 10.1. The van der Waals surface area contributed by atoms with Crippen molar-refractivity contribution in [3.63, 3.8) is 0 Å². The topological polar surface area (TPSA) is 18.5 Å². The van der Waals surface area contributed by atoms with Crippen molar-refractivity contribution in [2.24, 2.45) is 0 Å². The van der Waals surface area contributed by atoms with Crippen LogP contribution < -0.4 is 9.47 Å². The highest BCUT2D eigenvalue weighted by molar-refractivity contribution is 5.39. The number of aryl methyl sites for hydroxylation is 1. The number of rotatable bonds is 5. The maximum absolute atomic E-state index is 5.83. The van der Waals surface area contributed by atoms with Crippen molar-refractivity contribution in [3.8, 4) is 11.5 Å². The van der Waals surface area contributed by atoms with Crippen LogP contribution in [0, 0.1) is 6.92 Å². The van der Waals surface area contributed by atoms with Gasteiger partial charge in [0.25, 0.3) is 0 Å². The molecule has 2 aromatic carbocycles. The highest BCUT2D eigenvalue weighted by Gasteiger charge is 2.04. The number of para-hydroxylation sites is 2. The molecule has 0 amide bonds. The summed E-state index contributed by atoms with van der Waals surface area (Å²) in [5.41, 5.74) is 2.44. The van der Waals surface area contributed by atoms with Gasteiger partial charge in [0, 0.05) is 0 Å². The smallest absolute Gasteiger partial charge is 0.161 e. The van der Waals surface area contributed by atoms with Gasteiger partial charge in [-0.1, -0.05) is 36.4 Å². The van der Waals surface area contributed by atoms with Gasteiger partial charge in [0.15, 0.2) is 11.5 Å². The van der Waals surface area contributed by atoms with E-state index in [4.69, 9.17) is 9.47 Å². The molecule has 0 aromatic heterocycles. The van der Waals surface area contributed by atoms with Gasteiger partial charge in [0.05, 0.1) is 6.61 Å². The number of ether oxygens (including phenoxy) is 2. The standard InChI is InChI=1S/C16H18O2/c1-3-17-15-10-6-7-11-16(15)18-12-14-9-5-4-8-13(14)2/h4-11H,3,12H2,1-2H3. The van der Waals surface area contributed by atoms with Crippen LogP contribution >= 0.6 is 0 Å². The Balaban J connectivity index is 2.08. The van der Waals surface area contributed by atoms with E-state index in [1.54, 1.807) is 0 Å². The fourth-order valence-corrected chi connectivity index (χ4v) is 1.77. The Bertz CT molecular complexity index is 506. The molecular formula is C16H18O2. The van der Waals surface area contributed by atoms with Gasteiger partial charge in [-0.05, 0) is 37.1 Å². The van der Waals surface area contributed by atoms with Gasteiger partial charge in [-0.25, -0.2) is 0 Å².